The van der Waals surface area contributed by atoms with Crippen LogP contribution in [0.1, 0.15) is 0 Å². The van der Waals surface area contributed by atoms with Gasteiger partial charge in [-0.3, -0.25) is 0 Å². The van der Waals surface area contributed by atoms with Crippen molar-refractivity contribution in [3.8, 4) is 12.1 Å². The van der Waals surface area contributed by atoms with Crippen LogP contribution in [0.15, 0.2) is 23.8 Å². The van der Waals surface area contributed by atoms with E-state index in [1.54, 1.807) is 6.07 Å². The quantitative estimate of drug-likeness (QED) is 0.353. The summed E-state index contributed by atoms with van der Waals surface area (Å²) in [7, 11) is 0. The number of carboxylic acid groups (broad SMARTS) is 1. The summed E-state index contributed by atoms with van der Waals surface area (Å²) in [6.45, 7) is 0. The van der Waals surface area contributed by atoms with E-state index < -0.39 is 11.5 Å². The second-order valence-electron chi connectivity index (χ2n) is 1.49. The van der Waals surface area contributed by atoms with Gasteiger partial charge in [-0.15, -0.1) is 0 Å². The van der Waals surface area contributed by atoms with Crippen LogP contribution in [-0.4, -0.2) is 11.1 Å². The van der Waals surface area contributed by atoms with Crippen LogP contribution in [0.4, 0.5) is 0 Å². The summed E-state index contributed by atoms with van der Waals surface area (Å²) in [5.74, 6) is -1.30. The van der Waals surface area contributed by atoms with Crippen LogP contribution < -0.4 is 0 Å². The van der Waals surface area contributed by atoms with Crippen LogP contribution in [0.25, 0.3) is 0 Å². The average Bonchev–Trinajstić information content (AvgIpc) is 1.97. The molecule has 0 atom stereocenters. The zero-order valence-corrected chi connectivity index (χ0v) is 5.48. The summed E-state index contributed by atoms with van der Waals surface area (Å²) in [5, 5.41) is 24.4. The SMILES string of the molecule is N#CC=CC=C(C#N)C(=O)O. The highest BCUT2D eigenvalue weighted by molar-refractivity contribution is 5.91. The van der Waals surface area contributed by atoms with Gasteiger partial charge in [0.15, 0.2) is 0 Å². The molecule has 0 fully saturated rings. The summed E-state index contributed by atoms with van der Waals surface area (Å²) < 4.78 is 0. The Balaban J connectivity index is 4.43. The first-order chi connectivity index (χ1) is 5.22. The lowest BCUT2D eigenvalue weighted by Gasteiger charge is -1.82. The van der Waals surface area contributed by atoms with Crippen molar-refractivity contribution in [1.29, 1.82) is 10.5 Å². The van der Waals surface area contributed by atoms with Crippen LogP contribution in [0.5, 0.6) is 0 Å². The lowest BCUT2D eigenvalue weighted by Crippen LogP contribution is -1.96. The molecule has 0 aromatic heterocycles. The zero-order valence-electron chi connectivity index (χ0n) is 5.48. The molecule has 11 heavy (non-hydrogen) atoms. The maximum Gasteiger partial charge on any atom is 0.346 e. The number of rotatable bonds is 2. The lowest BCUT2D eigenvalue weighted by atomic mass is 10.3. The molecule has 0 unspecified atom stereocenters. The van der Waals surface area contributed by atoms with Gasteiger partial charge in [-0.1, -0.05) is 6.08 Å². The van der Waals surface area contributed by atoms with E-state index in [1.165, 1.54) is 12.1 Å². The van der Waals surface area contributed by atoms with Gasteiger partial charge >= 0.3 is 5.97 Å². The van der Waals surface area contributed by atoms with E-state index in [0.29, 0.717) is 0 Å². The van der Waals surface area contributed by atoms with E-state index in [0.717, 1.165) is 12.2 Å². The summed E-state index contributed by atoms with van der Waals surface area (Å²) in [4.78, 5) is 10.1. The second-order valence-corrected chi connectivity index (χ2v) is 1.49. The van der Waals surface area contributed by atoms with Gasteiger partial charge in [0.25, 0.3) is 0 Å². The van der Waals surface area contributed by atoms with Gasteiger partial charge in [-0.2, -0.15) is 10.5 Å². The molecule has 0 bridgehead atoms. The van der Waals surface area contributed by atoms with Crippen molar-refractivity contribution in [2.75, 3.05) is 0 Å². The molecule has 0 spiro atoms. The number of hydrogen-bond acceptors (Lipinski definition) is 3. The molecule has 0 aliphatic carbocycles. The Morgan fingerprint density at radius 3 is 2.45 bits per heavy atom. The van der Waals surface area contributed by atoms with Crippen molar-refractivity contribution < 1.29 is 9.90 Å². The van der Waals surface area contributed by atoms with Crippen molar-refractivity contribution in [2.24, 2.45) is 0 Å². The predicted molar refractivity (Wildman–Crippen MR) is 36.1 cm³/mol. The van der Waals surface area contributed by atoms with E-state index in [2.05, 4.69) is 0 Å². The Labute approximate surface area is 63.3 Å². The molecule has 0 aromatic rings. The molecule has 0 amide bonds. The van der Waals surface area contributed by atoms with Crippen molar-refractivity contribution in [3.63, 3.8) is 0 Å². The number of nitriles is 2. The summed E-state index contributed by atoms with van der Waals surface area (Å²) in [6.07, 6.45) is 3.35. The van der Waals surface area contributed by atoms with Gasteiger partial charge in [-0.05, 0) is 6.08 Å². The van der Waals surface area contributed by atoms with Crippen LogP contribution >= 0.6 is 0 Å². The fourth-order valence-corrected chi connectivity index (χ4v) is 0.344. The molecular formula is C7H4N2O2. The first kappa shape index (κ1) is 8.93. The third kappa shape index (κ3) is 3.50. The van der Waals surface area contributed by atoms with Crippen LogP contribution in [0.3, 0.4) is 0 Å². The smallest absolute Gasteiger partial charge is 0.346 e. The minimum absolute atomic E-state index is 0.392. The van der Waals surface area contributed by atoms with Crippen molar-refractivity contribution in [2.45, 2.75) is 0 Å². The first-order valence-electron chi connectivity index (χ1n) is 2.62. The maximum atomic E-state index is 10.1. The topological polar surface area (TPSA) is 84.9 Å². The predicted octanol–water partition coefficient (Wildman–Crippen LogP) is 0.601. The molecular weight excluding hydrogens is 144 g/mol. The van der Waals surface area contributed by atoms with Crippen molar-refractivity contribution in [1.82, 2.24) is 0 Å². The maximum absolute atomic E-state index is 10.1. The van der Waals surface area contributed by atoms with E-state index >= 15 is 0 Å². The van der Waals surface area contributed by atoms with Crippen LogP contribution in [0, 0.1) is 22.7 Å². The number of nitrogens with zero attached hydrogens (tertiary/aromatic N) is 2. The van der Waals surface area contributed by atoms with Gasteiger partial charge in [0.05, 0.1) is 6.07 Å². The Kier molecular flexibility index (Phi) is 3.88. The molecule has 4 nitrogen and oxygen atoms in total. The fourth-order valence-electron chi connectivity index (χ4n) is 0.344. The molecule has 0 radical (unpaired) electrons. The molecule has 54 valence electrons. The highest BCUT2D eigenvalue weighted by Gasteiger charge is 2.01. The zero-order chi connectivity index (χ0) is 8.69. The van der Waals surface area contributed by atoms with E-state index in [9.17, 15) is 4.79 Å². The second kappa shape index (κ2) is 4.78. The lowest BCUT2D eigenvalue weighted by molar-refractivity contribution is -0.132. The molecule has 0 saturated heterocycles. The van der Waals surface area contributed by atoms with E-state index in [-0.39, 0.29) is 0 Å². The number of carboxylic acids is 1. The Bertz CT molecular complexity index is 289. The Morgan fingerprint density at radius 2 is 2.09 bits per heavy atom. The number of hydrogen-bond donors (Lipinski definition) is 1. The van der Waals surface area contributed by atoms with Crippen LogP contribution in [-0.2, 0) is 4.79 Å². The Hall–Kier alpha value is -2.07. The van der Waals surface area contributed by atoms with Gasteiger partial charge < -0.3 is 5.11 Å². The molecule has 0 saturated carbocycles. The van der Waals surface area contributed by atoms with E-state index in [4.69, 9.17) is 15.6 Å². The minimum atomic E-state index is -1.30. The molecule has 0 aliphatic heterocycles. The van der Waals surface area contributed by atoms with Gasteiger partial charge in [0.2, 0.25) is 0 Å². The Morgan fingerprint density at radius 1 is 1.45 bits per heavy atom. The molecule has 0 heterocycles. The number of allylic oxidation sites excluding steroid dienone is 3. The summed E-state index contributed by atoms with van der Waals surface area (Å²) in [5.41, 5.74) is -0.392. The summed E-state index contributed by atoms with van der Waals surface area (Å²) in [6, 6.07) is 3.12. The molecule has 4 heteroatoms. The van der Waals surface area contributed by atoms with Gasteiger partial charge in [0.1, 0.15) is 11.6 Å². The highest BCUT2D eigenvalue weighted by Crippen LogP contribution is 1.91. The molecule has 0 aliphatic rings. The summed E-state index contributed by atoms with van der Waals surface area (Å²) >= 11 is 0. The largest absolute Gasteiger partial charge is 0.477 e. The molecule has 0 rings (SSSR count). The van der Waals surface area contributed by atoms with Crippen molar-refractivity contribution in [3.05, 3.63) is 23.8 Å². The average molecular weight is 148 g/mol. The third-order valence-electron chi connectivity index (χ3n) is 0.785. The number of carbonyl (C=O) groups is 1. The molecule has 1 N–H and O–H groups in total. The monoisotopic (exact) mass is 148 g/mol. The standard InChI is InChI=1S/C7H4N2O2/c8-4-2-1-3-6(5-9)7(10)11/h1-3H,(H,10,11). The van der Waals surface area contributed by atoms with Crippen LogP contribution in [0.2, 0.25) is 0 Å². The third-order valence-corrected chi connectivity index (χ3v) is 0.785. The fraction of sp³-hybridized carbons (Fsp3) is 0. The van der Waals surface area contributed by atoms with Gasteiger partial charge in [0, 0.05) is 6.08 Å². The highest BCUT2D eigenvalue weighted by atomic mass is 16.4. The van der Waals surface area contributed by atoms with Crippen molar-refractivity contribution >= 4 is 5.97 Å². The molecule has 0 aromatic carbocycles. The number of aliphatic carboxylic acids is 1. The minimum Gasteiger partial charge on any atom is -0.477 e. The normalized spacial score (nSPS) is 10.5. The van der Waals surface area contributed by atoms with E-state index in [1.807, 2.05) is 0 Å². The van der Waals surface area contributed by atoms with Gasteiger partial charge in [-0.25, -0.2) is 4.79 Å². The first-order valence-corrected chi connectivity index (χ1v) is 2.62.